The molecular weight excluding hydrogens is 244 g/mol. The molecule has 2 N–H and O–H groups in total. The number of hydrogen-bond acceptors (Lipinski definition) is 2. The topological polar surface area (TPSA) is 69.6 Å². The lowest BCUT2D eigenvalue weighted by molar-refractivity contribution is -0.144. The number of carbonyl (C=O) groups excluding carboxylic acids is 1. The van der Waals surface area contributed by atoms with Crippen molar-refractivity contribution in [2.24, 2.45) is 17.8 Å². The van der Waals surface area contributed by atoms with Crippen LogP contribution in [-0.4, -0.2) is 41.1 Å². The molecule has 0 bridgehead atoms. The van der Waals surface area contributed by atoms with Crippen LogP contribution >= 0.6 is 0 Å². The highest BCUT2D eigenvalue weighted by atomic mass is 16.4. The molecule has 5 heteroatoms. The van der Waals surface area contributed by atoms with Crippen molar-refractivity contribution in [1.29, 1.82) is 0 Å². The largest absolute Gasteiger partial charge is 0.481 e. The van der Waals surface area contributed by atoms with Gasteiger partial charge in [-0.25, -0.2) is 4.79 Å². The third kappa shape index (κ3) is 3.39. The minimum absolute atomic E-state index is 0.0200. The molecular formula is C14H24N2O3. The summed E-state index contributed by atoms with van der Waals surface area (Å²) in [6.45, 7) is 5.11. The fourth-order valence-corrected chi connectivity index (χ4v) is 2.87. The maximum atomic E-state index is 12.0. The number of amides is 2. The number of nitrogens with zero attached hydrogens (tertiary/aromatic N) is 1. The molecule has 1 saturated carbocycles. The maximum absolute atomic E-state index is 12.0. The zero-order valence-corrected chi connectivity index (χ0v) is 11.8. The predicted octanol–water partition coefficient (Wildman–Crippen LogP) is 1.93. The van der Waals surface area contributed by atoms with Crippen LogP contribution in [0.4, 0.5) is 4.79 Å². The fourth-order valence-electron chi connectivity index (χ4n) is 2.87. The van der Waals surface area contributed by atoms with Gasteiger partial charge in [-0.05, 0) is 31.6 Å². The van der Waals surface area contributed by atoms with Crippen LogP contribution in [0, 0.1) is 17.8 Å². The molecule has 2 rings (SSSR count). The molecule has 1 unspecified atom stereocenters. The van der Waals surface area contributed by atoms with Gasteiger partial charge in [0.25, 0.3) is 0 Å². The molecule has 19 heavy (non-hydrogen) atoms. The van der Waals surface area contributed by atoms with Gasteiger partial charge in [-0.2, -0.15) is 0 Å². The predicted molar refractivity (Wildman–Crippen MR) is 71.8 cm³/mol. The SMILES string of the molecule is CC1CCC(NC(=O)N2CC(C(C)C(=O)O)C2)CC1. The number of rotatable bonds is 3. The monoisotopic (exact) mass is 268 g/mol. The Bertz CT molecular complexity index is 345. The molecule has 108 valence electrons. The van der Waals surface area contributed by atoms with Gasteiger partial charge in [0, 0.05) is 25.0 Å². The van der Waals surface area contributed by atoms with E-state index in [1.54, 1.807) is 11.8 Å². The van der Waals surface area contributed by atoms with Crippen molar-refractivity contribution in [3.63, 3.8) is 0 Å². The van der Waals surface area contributed by atoms with Crippen molar-refractivity contribution in [1.82, 2.24) is 10.2 Å². The molecule has 2 aliphatic rings. The highest BCUT2D eigenvalue weighted by Gasteiger charge is 2.37. The first-order valence-corrected chi connectivity index (χ1v) is 7.25. The summed E-state index contributed by atoms with van der Waals surface area (Å²) < 4.78 is 0. The van der Waals surface area contributed by atoms with Gasteiger partial charge < -0.3 is 15.3 Å². The number of carboxylic acids is 1. The van der Waals surface area contributed by atoms with Gasteiger partial charge in [-0.3, -0.25) is 4.79 Å². The van der Waals surface area contributed by atoms with Crippen molar-refractivity contribution in [3.8, 4) is 0 Å². The number of likely N-dealkylation sites (tertiary alicyclic amines) is 1. The second-order valence-corrected chi connectivity index (χ2v) is 6.20. The van der Waals surface area contributed by atoms with E-state index in [9.17, 15) is 9.59 Å². The van der Waals surface area contributed by atoms with Crippen molar-refractivity contribution < 1.29 is 14.7 Å². The molecule has 2 amide bonds. The normalized spacial score (nSPS) is 29.5. The van der Waals surface area contributed by atoms with Gasteiger partial charge in [0.1, 0.15) is 0 Å². The van der Waals surface area contributed by atoms with Crippen LogP contribution in [0.2, 0.25) is 0 Å². The smallest absolute Gasteiger partial charge is 0.317 e. The molecule has 1 atom stereocenters. The summed E-state index contributed by atoms with van der Waals surface area (Å²) in [5.74, 6) is -0.251. The number of hydrogen-bond donors (Lipinski definition) is 2. The fraction of sp³-hybridized carbons (Fsp3) is 0.857. The van der Waals surface area contributed by atoms with Gasteiger partial charge in [-0.1, -0.05) is 13.8 Å². The van der Waals surface area contributed by atoms with E-state index in [0.717, 1.165) is 18.8 Å². The van der Waals surface area contributed by atoms with E-state index in [2.05, 4.69) is 12.2 Å². The summed E-state index contributed by atoms with van der Waals surface area (Å²) in [5, 5.41) is 12.0. The molecule has 1 heterocycles. The van der Waals surface area contributed by atoms with Crippen LogP contribution in [0.25, 0.3) is 0 Å². The number of aliphatic carboxylic acids is 1. The maximum Gasteiger partial charge on any atom is 0.317 e. The quantitative estimate of drug-likeness (QED) is 0.821. The summed E-state index contributed by atoms with van der Waals surface area (Å²) >= 11 is 0. The zero-order valence-electron chi connectivity index (χ0n) is 11.8. The van der Waals surface area contributed by atoms with E-state index < -0.39 is 5.97 Å². The Hall–Kier alpha value is -1.26. The number of nitrogens with one attached hydrogen (secondary N) is 1. The lowest BCUT2D eigenvalue weighted by atomic mass is 9.86. The van der Waals surface area contributed by atoms with Crippen LogP contribution in [0.15, 0.2) is 0 Å². The highest BCUT2D eigenvalue weighted by Crippen LogP contribution is 2.26. The molecule has 2 fully saturated rings. The molecule has 0 radical (unpaired) electrons. The third-order valence-electron chi connectivity index (χ3n) is 4.64. The molecule has 1 aliphatic heterocycles. The van der Waals surface area contributed by atoms with Crippen LogP contribution in [0.1, 0.15) is 39.5 Å². The standard InChI is InChI=1S/C14H24N2O3/c1-9-3-5-12(6-4-9)15-14(19)16-7-11(8-16)10(2)13(17)18/h9-12H,3-8H2,1-2H3,(H,15,19)(H,17,18). The van der Waals surface area contributed by atoms with Gasteiger partial charge in [-0.15, -0.1) is 0 Å². The molecule has 0 aromatic heterocycles. The lowest BCUT2D eigenvalue weighted by Gasteiger charge is -2.42. The Kier molecular flexibility index (Phi) is 4.32. The van der Waals surface area contributed by atoms with Gasteiger partial charge in [0.15, 0.2) is 0 Å². The van der Waals surface area contributed by atoms with Crippen molar-refractivity contribution in [2.75, 3.05) is 13.1 Å². The second-order valence-electron chi connectivity index (χ2n) is 6.20. The van der Waals surface area contributed by atoms with E-state index in [1.165, 1.54) is 12.8 Å². The van der Waals surface area contributed by atoms with Crippen LogP contribution < -0.4 is 5.32 Å². The Morgan fingerprint density at radius 2 is 1.79 bits per heavy atom. The molecule has 1 aliphatic carbocycles. The average Bonchev–Trinajstić information content (AvgIpc) is 2.30. The van der Waals surface area contributed by atoms with Crippen LogP contribution in [-0.2, 0) is 4.79 Å². The van der Waals surface area contributed by atoms with Crippen LogP contribution in [0.3, 0.4) is 0 Å². The first-order chi connectivity index (χ1) is 8.97. The molecule has 5 nitrogen and oxygen atoms in total. The zero-order chi connectivity index (χ0) is 14.0. The van der Waals surface area contributed by atoms with Gasteiger partial charge >= 0.3 is 12.0 Å². The highest BCUT2D eigenvalue weighted by molar-refractivity contribution is 5.76. The van der Waals surface area contributed by atoms with Crippen LogP contribution in [0.5, 0.6) is 0 Å². The Labute approximate surface area is 114 Å². The minimum Gasteiger partial charge on any atom is -0.481 e. The summed E-state index contributed by atoms with van der Waals surface area (Å²) in [5.41, 5.74) is 0. The van der Waals surface area contributed by atoms with E-state index in [4.69, 9.17) is 5.11 Å². The summed E-state index contributed by atoms with van der Waals surface area (Å²) in [6.07, 6.45) is 4.50. The first-order valence-electron chi connectivity index (χ1n) is 7.25. The molecule has 1 saturated heterocycles. The third-order valence-corrected chi connectivity index (χ3v) is 4.64. The van der Waals surface area contributed by atoms with E-state index in [1.807, 2.05) is 0 Å². The molecule has 0 spiro atoms. The Balaban J connectivity index is 1.70. The second kappa shape index (κ2) is 5.80. The van der Waals surface area contributed by atoms with Gasteiger partial charge in [0.2, 0.25) is 0 Å². The van der Waals surface area contributed by atoms with Crippen molar-refractivity contribution >= 4 is 12.0 Å². The lowest BCUT2D eigenvalue weighted by Crippen LogP contribution is -2.58. The molecule has 0 aromatic rings. The van der Waals surface area contributed by atoms with E-state index >= 15 is 0 Å². The molecule has 0 aromatic carbocycles. The van der Waals surface area contributed by atoms with E-state index in [-0.39, 0.29) is 17.9 Å². The van der Waals surface area contributed by atoms with Crippen molar-refractivity contribution in [2.45, 2.75) is 45.6 Å². The van der Waals surface area contributed by atoms with E-state index in [0.29, 0.717) is 19.1 Å². The Morgan fingerprint density at radius 3 is 2.32 bits per heavy atom. The summed E-state index contributed by atoms with van der Waals surface area (Å²) in [4.78, 5) is 24.5. The van der Waals surface area contributed by atoms with Gasteiger partial charge in [0.05, 0.1) is 5.92 Å². The number of carboxylic acid groups (broad SMARTS) is 1. The Morgan fingerprint density at radius 1 is 1.21 bits per heavy atom. The number of carbonyl (C=O) groups is 2. The number of urea groups is 1. The summed E-state index contributed by atoms with van der Waals surface area (Å²) in [6, 6.07) is 0.285. The minimum atomic E-state index is -0.772. The van der Waals surface area contributed by atoms with Crippen molar-refractivity contribution in [3.05, 3.63) is 0 Å². The average molecular weight is 268 g/mol. The first kappa shape index (κ1) is 14.2. The summed E-state index contributed by atoms with van der Waals surface area (Å²) in [7, 11) is 0.